The molecule has 19 heavy (non-hydrogen) atoms. The highest BCUT2D eigenvalue weighted by Crippen LogP contribution is 2.25. The zero-order valence-electron chi connectivity index (χ0n) is 11.5. The molecule has 0 bridgehead atoms. The second kappa shape index (κ2) is 5.61. The summed E-state index contributed by atoms with van der Waals surface area (Å²) in [6, 6.07) is 7.21. The van der Waals surface area contributed by atoms with Crippen molar-refractivity contribution in [1.29, 1.82) is 0 Å². The average molecular weight is 282 g/mol. The Morgan fingerprint density at radius 3 is 2.47 bits per heavy atom. The van der Waals surface area contributed by atoms with Crippen molar-refractivity contribution in [3.05, 3.63) is 29.8 Å². The first-order valence-electron chi connectivity index (χ1n) is 6.80. The van der Waals surface area contributed by atoms with Gasteiger partial charge >= 0.3 is 0 Å². The molecule has 1 aromatic rings. The summed E-state index contributed by atoms with van der Waals surface area (Å²) in [7, 11) is -3.35. The van der Waals surface area contributed by atoms with E-state index < -0.39 is 10.0 Å². The van der Waals surface area contributed by atoms with Gasteiger partial charge in [0.2, 0.25) is 10.0 Å². The summed E-state index contributed by atoms with van der Waals surface area (Å²) in [6.45, 7) is 5.10. The zero-order chi connectivity index (χ0) is 14.0. The third-order valence-electron chi connectivity index (χ3n) is 3.90. The first kappa shape index (κ1) is 14.5. The van der Waals surface area contributed by atoms with Gasteiger partial charge in [0, 0.05) is 19.1 Å². The Bertz CT molecular complexity index is 523. The molecule has 1 aliphatic heterocycles. The van der Waals surface area contributed by atoms with Crippen molar-refractivity contribution >= 4 is 10.0 Å². The minimum absolute atomic E-state index is 0.0441. The molecule has 1 aliphatic rings. The molecule has 4 nitrogen and oxygen atoms in total. The molecule has 0 aliphatic carbocycles. The molecule has 0 saturated carbocycles. The van der Waals surface area contributed by atoms with Crippen molar-refractivity contribution in [3.8, 4) is 0 Å². The summed E-state index contributed by atoms with van der Waals surface area (Å²) < 4.78 is 26.5. The molecule has 0 spiro atoms. The molecule has 1 aromatic carbocycles. The monoisotopic (exact) mass is 282 g/mol. The standard InChI is InChI=1S/C14H22N2O2S/c1-3-12-4-6-14(7-5-12)19(17,18)16-9-8-13(10-16)11(2)15/h4-7,11,13H,3,8-10,15H2,1-2H3. The quantitative estimate of drug-likeness (QED) is 0.912. The fourth-order valence-corrected chi connectivity index (χ4v) is 3.96. The van der Waals surface area contributed by atoms with E-state index in [1.54, 1.807) is 16.4 Å². The summed E-state index contributed by atoms with van der Waals surface area (Å²) in [5.41, 5.74) is 7.01. The molecule has 1 saturated heterocycles. The number of hydrogen-bond acceptors (Lipinski definition) is 3. The van der Waals surface area contributed by atoms with Crippen LogP contribution in [0.3, 0.4) is 0 Å². The maximum absolute atomic E-state index is 12.5. The number of sulfonamides is 1. The second-order valence-corrected chi connectivity index (χ2v) is 7.21. The molecular formula is C14H22N2O2S. The Morgan fingerprint density at radius 1 is 1.37 bits per heavy atom. The van der Waals surface area contributed by atoms with Crippen LogP contribution in [0, 0.1) is 5.92 Å². The molecule has 2 atom stereocenters. The third-order valence-corrected chi connectivity index (χ3v) is 5.78. The van der Waals surface area contributed by atoms with Crippen LogP contribution in [-0.2, 0) is 16.4 Å². The van der Waals surface area contributed by atoms with Crippen LogP contribution in [0.1, 0.15) is 25.8 Å². The van der Waals surface area contributed by atoms with Crippen LogP contribution >= 0.6 is 0 Å². The van der Waals surface area contributed by atoms with Crippen molar-refractivity contribution < 1.29 is 8.42 Å². The van der Waals surface area contributed by atoms with Gasteiger partial charge in [0.25, 0.3) is 0 Å². The summed E-state index contributed by atoms with van der Waals surface area (Å²) in [5, 5.41) is 0. The smallest absolute Gasteiger partial charge is 0.243 e. The lowest BCUT2D eigenvalue weighted by Gasteiger charge is -2.18. The number of rotatable bonds is 4. The fourth-order valence-electron chi connectivity index (χ4n) is 2.45. The van der Waals surface area contributed by atoms with Gasteiger partial charge in [-0.1, -0.05) is 19.1 Å². The molecule has 5 heteroatoms. The Hall–Kier alpha value is -0.910. The lowest BCUT2D eigenvalue weighted by molar-refractivity contribution is 0.429. The summed E-state index contributed by atoms with van der Waals surface area (Å²) in [5.74, 6) is 0.268. The molecule has 0 aromatic heterocycles. The Kier molecular flexibility index (Phi) is 4.28. The van der Waals surface area contributed by atoms with E-state index in [0.29, 0.717) is 18.0 Å². The minimum atomic E-state index is -3.35. The van der Waals surface area contributed by atoms with Gasteiger partial charge in [0.15, 0.2) is 0 Å². The SMILES string of the molecule is CCc1ccc(S(=O)(=O)N2CCC(C(C)N)C2)cc1. The third kappa shape index (κ3) is 2.99. The first-order valence-corrected chi connectivity index (χ1v) is 8.24. The van der Waals surface area contributed by atoms with Gasteiger partial charge in [-0.3, -0.25) is 0 Å². The van der Waals surface area contributed by atoms with Gasteiger partial charge in [-0.2, -0.15) is 4.31 Å². The van der Waals surface area contributed by atoms with Crippen LogP contribution in [0.25, 0.3) is 0 Å². The van der Waals surface area contributed by atoms with Crippen LogP contribution < -0.4 is 5.73 Å². The topological polar surface area (TPSA) is 63.4 Å². The van der Waals surface area contributed by atoms with Crippen LogP contribution in [0.5, 0.6) is 0 Å². The molecule has 0 amide bonds. The molecule has 1 fully saturated rings. The van der Waals surface area contributed by atoms with Crippen molar-refractivity contribution in [1.82, 2.24) is 4.31 Å². The van der Waals surface area contributed by atoms with Gasteiger partial charge in [-0.05, 0) is 43.4 Å². The largest absolute Gasteiger partial charge is 0.328 e. The number of nitrogens with zero attached hydrogens (tertiary/aromatic N) is 1. The normalized spacial score (nSPS) is 22.6. The van der Waals surface area contributed by atoms with Crippen LogP contribution in [0.15, 0.2) is 29.2 Å². The van der Waals surface area contributed by atoms with Crippen LogP contribution in [0.4, 0.5) is 0 Å². The minimum Gasteiger partial charge on any atom is -0.328 e. The lowest BCUT2D eigenvalue weighted by Crippen LogP contribution is -2.33. The summed E-state index contributed by atoms with van der Waals surface area (Å²) in [6.07, 6.45) is 1.76. The van der Waals surface area contributed by atoms with E-state index in [9.17, 15) is 8.42 Å². The lowest BCUT2D eigenvalue weighted by atomic mass is 10.0. The maximum atomic E-state index is 12.5. The van der Waals surface area contributed by atoms with Crippen LogP contribution in [-0.4, -0.2) is 31.9 Å². The fraction of sp³-hybridized carbons (Fsp3) is 0.571. The van der Waals surface area contributed by atoms with E-state index in [1.165, 1.54) is 0 Å². The molecule has 1 heterocycles. The molecule has 0 radical (unpaired) electrons. The highest BCUT2D eigenvalue weighted by atomic mass is 32.2. The molecule has 2 rings (SSSR count). The van der Waals surface area contributed by atoms with Crippen LogP contribution in [0.2, 0.25) is 0 Å². The van der Waals surface area contributed by atoms with E-state index in [-0.39, 0.29) is 12.0 Å². The first-order chi connectivity index (χ1) is 8.95. The number of aryl methyl sites for hydroxylation is 1. The number of benzene rings is 1. The number of nitrogens with two attached hydrogens (primary N) is 1. The van der Waals surface area contributed by atoms with Crippen molar-refractivity contribution in [3.63, 3.8) is 0 Å². The highest BCUT2D eigenvalue weighted by Gasteiger charge is 2.33. The van der Waals surface area contributed by atoms with Gasteiger partial charge < -0.3 is 5.73 Å². The average Bonchev–Trinajstić information content (AvgIpc) is 2.89. The van der Waals surface area contributed by atoms with E-state index in [4.69, 9.17) is 5.73 Å². The second-order valence-electron chi connectivity index (χ2n) is 5.27. The Morgan fingerprint density at radius 2 is 2.00 bits per heavy atom. The summed E-state index contributed by atoms with van der Waals surface area (Å²) in [4.78, 5) is 0.384. The molecular weight excluding hydrogens is 260 g/mol. The van der Waals surface area contributed by atoms with E-state index in [1.807, 2.05) is 19.1 Å². The van der Waals surface area contributed by atoms with E-state index in [2.05, 4.69) is 6.92 Å². The van der Waals surface area contributed by atoms with Gasteiger partial charge in [-0.15, -0.1) is 0 Å². The zero-order valence-corrected chi connectivity index (χ0v) is 12.4. The highest BCUT2D eigenvalue weighted by molar-refractivity contribution is 7.89. The Labute approximate surface area is 115 Å². The molecule has 106 valence electrons. The molecule has 2 unspecified atom stereocenters. The van der Waals surface area contributed by atoms with Crippen molar-refractivity contribution in [2.24, 2.45) is 11.7 Å². The van der Waals surface area contributed by atoms with Gasteiger partial charge in [0.1, 0.15) is 0 Å². The van der Waals surface area contributed by atoms with Crippen molar-refractivity contribution in [2.45, 2.75) is 37.6 Å². The predicted octanol–water partition coefficient (Wildman–Crippen LogP) is 1.61. The predicted molar refractivity (Wildman–Crippen MR) is 76.3 cm³/mol. The van der Waals surface area contributed by atoms with E-state index in [0.717, 1.165) is 18.4 Å². The van der Waals surface area contributed by atoms with Gasteiger partial charge in [0.05, 0.1) is 4.90 Å². The molecule has 2 N–H and O–H groups in total. The van der Waals surface area contributed by atoms with Gasteiger partial charge in [-0.25, -0.2) is 8.42 Å². The van der Waals surface area contributed by atoms with Crippen molar-refractivity contribution in [2.75, 3.05) is 13.1 Å². The Balaban J connectivity index is 2.18. The maximum Gasteiger partial charge on any atom is 0.243 e. The van der Waals surface area contributed by atoms with E-state index >= 15 is 0 Å². The summed E-state index contributed by atoms with van der Waals surface area (Å²) >= 11 is 0. The number of hydrogen-bond donors (Lipinski definition) is 1.